The van der Waals surface area contributed by atoms with Crippen LogP contribution >= 0.6 is 23.2 Å². The van der Waals surface area contributed by atoms with E-state index in [1.54, 1.807) is 25.1 Å². The lowest BCUT2D eigenvalue weighted by Gasteiger charge is -2.17. The quantitative estimate of drug-likeness (QED) is 0.757. The number of nitrogens with one attached hydrogen (secondary N) is 2. The number of carbonyl (C=O) groups is 1. The molecule has 2 N–H and O–H groups in total. The molecule has 0 bridgehead atoms. The maximum Gasteiger partial charge on any atom is 0.265 e. The van der Waals surface area contributed by atoms with Gasteiger partial charge in [0.1, 0.15) is 5.75 Å². The maximum absolute atomic E-state index is 12.4. The van der Waals surface area contributed by atoms with Crippen molar-refractivity contribution in [1.82, 2.24) is 5.32 Å². The van der Waals surface area contributed by atoms with Gasteiger partial charge in [-0.25, -0.2) is 0 Å². The van der Waals surface area contributed by atoms with Gasteiger partial charge in [-0.05, 0) is 37.2 Å². The number of anilines is 1. The molecule has 128 valence electrons. The number of para-hydroxylation sites is 1. The number of amides is 1. The molecule has 0 aliphatic rings. The van der Waals surface area contributed by atoms with Gasteiger partial charge in [0, 0.05) is 18.3 Å². The van der Waals surface area contributed by atoms with E-state index in [2.05, 4.69) is 10.6 Å². The molecule has 4 nitrogen and oxygen atoms in total. The normalized spacial score (nSPS) is 11.8. The zero-order valence-corrected chi connectivity index (χ0v) is 15.1. The summed E-state index contributed by atoms with van der Waals surface area (Å²) in [5.74, 6) is 0.262. The molecule has 0 aromatic heterocycles. The van der Waals surface area contributed by atoms with E-state index in [1.807, 2.05) is 31.2 Å². The molecule has 0 fully saturated rings. The van der Waals surface area contributed by atoms with Crippen molar-refractivity contribution < 1.29 is 9.53 Å². The topological polar surface area (TPSA) is 50.4 Å². The maximum atomic E-state index is 12.4. The fourth-order valence-corrected chi connectivity index (χ4v) is 2.39. The van der Waals surface area contributed by atoms with Gasteiger partial charge < -0.3 is 15.4 Å². The van der Waals surface area contributed by atoms with Gasteiger partial charge in [0.05, 0.1) is 10.0 Å². The minimum absolute atomic E-state index is 0.231. The molecule has 0 saturated carbocycles. The van der Waals surface area contributed by atoms with Gasteiger partial charge in [-0.2, -0.15) is 0 Å². The number of hydrogen-bond donors (Lipinski definition) is 2. The predicted octanol–water partition coefficient (Wildman–Crippen LogP) is 4.51. The Labute approximate surface area is 152 Å². The fourth-order valence-electron chi connectivity index (χ4n) is 2.10. The highest BCUT2D eigenvalue weighted by Gasteiger charge is 2.16. The number of rotatable bonds is 7. The molecule has 0 saturated heterocycles. The summed E-state index contributed by atoms with van der Waals surface area (Å²) >= 11 is 11.8. The highest BCUT2D eigenvalue weighted by molar-refractivity contribution is 6.42. The Morgan fingerprint density at radius 1 is 1.17 bits per heavy atom. The Balaban J connectivity index is 2.02. The molecule has 0 aliphatic carbocycles. The van der Waals surface area contributed by atoms with E-state index < -0.39 is 6.10 Å². The molecule has 2 rings (SSSR count). The predicted molar refractivity (Wildman–Crippen MR) is 99.0 cm³/mol. The van der Waals surface area contributed by atoms with Crippen LogP contribution in [0.25, 0.3) is 0 Å². The number of hydrogen-bond acceptors (Lipinski definition) is 3. The second-order valence-electron chi connectivity index (χ2n) is 5.26. The van der Waals surface area contributed by atoms with E-state index in [1.165, 1.54) is 0 Å². The summed E-state index contributed by atoms with van der Waals surface area (Å²) in [7, 11) is 0. The summed E-state index contributed by atoms with van der Waals surface area (Å²) in [5, 5.41) is 6.98. The van der Waals surface area contributed by atoms with Gasteiger partial charge in [0.25, 0.3) is 5.91 Å². The van der Waals surface area contributed by atoms with E-state index in [9.17, 15) is 4.79 Å². The van der Waals surface area contributed by atoms with E-state index >= 15 is 0 Å². The summed E-state index contributed by atoms with van der Waals surface area (Å²) in [6, 6.07) is 12.6. The van der Waals surface area contributed by atoms with Crippen molar-refractivity contribution >= 4 is 34.8 Å². The lowest BCUT2D eigenvalue weighted by Crippen LogP contribution is -2.30. The summed E-state index contributed by atoms with van der Waals surface area (Å²) in [6.07, 6.45) is -0.672. The molecule has 0 aliphatic heterocycles. The summed E-state index contributed by atoms with van der Waals surface area (Å²) in [4.78, 5) is 12.4. The second kappa shape index (κ2) is 8.92. The van der Waals surface area contributed by atoms with Gasteiger partial charge >= 0.3 is 0 Å². The first-order chi connectivity index (χ1) is 11.5. The molecule has 1 unspecified atom stereocenters. The minimum atomic E-state index is -0.672. The SMILES string of the molecule is CCNCc1ccccc1NC(=O)C(C)Oc1ccc(Cl)c(Cl)c1. The van der Waals surface area contributed by atoms with Crippen LogP contribution < -0.4 is 15.4 Å². The number of benzene rings is 2. The average Bonchev–Trinajstić information content (AvgIpc) is 2.57. The van der Waals surface area contributed by atoms with Crippen molar-refractivity contribution in [2.45, 2.75) is 26.5 Å². The largest absolute Gasteiger partial charge is 0.481 e. The molecule has 0 spiro atoms. The molecule has 1 atom stereocenters. The van der Waals surface area contributed by atoms with Crippen LogP contribution in [0.1, 0.15) is 19.4 Å². The number of ether oxygens (including phenoxy) is 1. The van der Waals surface area contributed by atoms with Gasteiger partial charge in [-0.15, -0.1) is 0 Å². The molecule has 2 aromatic rings. The fraction of sp³-hybridized carbons (Fsp3) is 0.278. The lowest BCUT2D eigenvalue weighted by atomic mass is 10.1. The third kappa shape index (κ3) is 5.13. The van der Waals surface area contributed by atoms with E-state index in [0.29, 0.717) is 22.3 Å². The lowest BCUT2D eigenvalue weighted by molar-refractivity contribution is -0.122. The van der Waals surface area contributed by atoms with Crippen molar-refractivity contribution in [3.63, 3.8) is 0 Å². The zero-order chi connectivity index (χ0) is 17.5. The molecule has 24 heavy (non-hydrogen) atoms. The highest BCUT2D eigenvalue weighted by Crippen LogP contribution is 2.27. The molecule has 0 radical (unpaired) electrons. The molecule has 0 heterocycles. The van der Waals surface area contributed by atoms with Crippen LogP contribution in [0.2, 0.25) is 10.0 Å². The Hall–Kier alpha value is -1.75. The van der Waals surface area contributed by atoms with E-state index in [4.69, 9.17) is 27.9 Å². The molecule has 1 amide bonds. The van der Waals surface area contributed by atoms with Crippen LogP contribution in [0.5, 0.6) is 5.75 Å². The average molecular weight is 367 g/mol. The monoisotopic (exact) mass is 366 g/mol. The van der Waals surface area contributed by atoms with Crippen molar-refractivity contribution in [2.75, 3.05) is 11.9 Å². The molecular formula is C18H20Cl2N2O2. The Morgan fingerprint density at radius 3 is 2.62 bits per heavy atom. The third-order valence-corrected chi connectivity index (χ3v) is 4.15. The summed E-state index contributed by atoms with van der Waals surface area (Å²) < 4.78 is 5.63. The van der Waals surface area contributed by atoms with E-state index in [0.717, 1.165) is 17.8 Å². The van der Waals surface area contributed by atoms with Crippen molar-refractivity contribution in [3.8, 4) is 5.75 Å². The molecule has 2 aromatic carbocycles. The van der Waals surface area contributed by atoms with Crippen molar-refractivity contribution in [1.29, 1.82) is 0 Å². The zero-order valence-electron chi connectivity index (χ0n) is 13.6. The number of carbonyl (C=O) groups excluding carboxylic acids is 1. The summed E-state index contributed by atoms with van der Waals surface area (Å²) in [5.41, 5.74) is 1.79. The van der Waals surface area contributed by atoms with Crippen LogP contribution in [0, 0.1) is 0 Å². The minimum Gasteiger partial charge on any atom is -0.481 e. The first-order valence-corrected chi connectivity index (χ1v) is 8.48. The van der Waals surface area contributed by atoms with Gasteiger partial charge in [-0.3, -0.25) is 4.79 Å². The molecule has 6 heteroatoms. The van der Waals surface area contributed by atoms with Gasteiger partial charge in [0.2, 0.25) is 0 Å². The first-order valence-electron chi connectivity index (χ1n) is 7.72. The van der Waals surface area contributed by atoms with Crippen LogP contribution in [0.4, 0.5) is 5.69 Å². The highest BCUT2D eigenvalue weighted by atomic mass is 35.5. The summed E-state index contributed by atoms with van der Waals surface area (Å²) in [6.45, 7) is 5.27. The van der Waals surface area contributed by atoms with E-state index in [-0.39, 0.29) is 5.91 Å². The number of halogens is 2. The Bertz CT molecular complexity index is 707. The third-order valence-electron chi connectivity index (χ3n) is 3.41. The standard InChI is InChI=1S/C18H20Cl2N2O2/c1-3-21-11-13-6-4-5-7-17(13)22-18(23)12(2)24-14-8-9-15(19)16(20)10-14/h4-10,12,21H,3,11H2,1-2H3,(H,22,23). The molecular weight excluding hydrogens is 347 g/mol. The Morgan fingerprint density at radius 2 is 1.92 bits per heavy atom. The first kappa shape index (κ1) is 18.6. The van der Waals surface area contributed by atoms with Crippen LogP contribution in [0.3, 0.4) is 0 Å². The van der Waals surface area contributed by atoms with Crippen LogP contribution in [-0.2, 0) is 11.3 Å². The van der Waals surface area contributed by atoms with Gasteiger partial charge in [0.15, 0.2) is 6.10 Å². The van der Waals surface area contributed by atoms with Crippen molar-refractivity contribution in [2.24, 2.45) is 0 Å². The van der Waals surface area contributed by atoms with Crippen LogP contribution in [0.15, 0.2) is 42.5 Å². The smallest absolute Gasteiger partial charge is 0.265 e. The van der Waals surface area contributed by atoms with Crippen LogP contribution in [-0.4, -0.2) is 18.6 Å². The second-order valence-corrected chi connectivity index (χ2v) is 6.08. The van der Waals surface area contributed by atoms with Crippen molar-refractivity contribution in [3.05, 3.63) is 58.1 Å². The van der Waals surface area contributed by atoms with Gasteiger partial charge in [-0.1, -0.05) is 48.3 Å². The Kier molecular flexibility index (Phi) is 6.91.